The quantitative estimate of drug-likeness (QED) is 0.928. The van der Waals surface area contributed by atoms with Gasteiger partial charge in [0.1, 0.15) is 5.75 Å². The number of aromatic nitrogens is 2. The molecule has 20 heavy (non-hydrogen) atoms. The fourth-order valence-corrected chi connectivity index (χ4v) is 3.95. The van der Waals surface area contributed by atoms with Crippen LogP contribution in [0, 0.1) is 17.8 Å². The molecule has 2 aromatic rings. The van der Waals surface area contributed by atoms with Gasteiger partial charge in [-0.3, -0.25) is 0 Å². The summed E-state index contributed by atoms with van der Waals surface area (Å²) in [6.45, 7) is 0. The molecular weight excluding hydrogens is 252 g/mol. The zero-order chi connectivity index (χ0) is 13.5. The van der Waals surface area contributed by atoms with E-state index < -0.39 is 0 Å². The highest BCUT2D eigenvalue weighted by molar-refractivity contribution is 5.56. The van der Waals surface area contributed by atoms with Gasteiger partial charge in [0.2, 0.25) is 11.7 Å². The minimum Gasteiger partial charge on any atom is -0.508 e. The number of phenols is 1. The van der Waals surface area contributed by atoms with Crippen LogP contribution in [0.1, 0.15) is 31.6 Å². The van der Waals surface area contributed by atoms with Gasteiger partial charge in [0.15, 0.2) is 0 Å². The Balaban J connectivity index is 1.51. The van der Waals surface area contributed by atoms with Crippen LogP contribution in [0.2, 0.25) is 0 Å². The predicted molar refractivity (Wildman–Crippen MR) is 74.0 cm³/mol. The molecule has 0 amide bonds. The molecule has 0 aliphatic heterocycles. The highest BCUT2D eigenvalue weighted by Crippen LogP contribution is 2.49. The van der Waals surface area contributed by atoms with Gasteiger partial charge in [-0.2, -0.15) is 4.98 Å². The number of hydrogen-bond acceptors (Lipinski definition) is 4. The Morgan fingerprint density at radius 2 is 2.20 bits per heavy atom. The van der Waals surface area contributed by atoms with Crippen LogP contribution in [0.4, 0.5) is 0 Å². The number of fused-ring (bicyclic) bond motifs is 2. The zero-order valence-corrected chi connectivity index (χ0v) is 11.3. The van der Waals surface area contributed by atoms with Crippen LogP contribution >= 0.6 is 0 Å². The van der Waals surface area contributed by atoms with Crippen LogP contribution in [0.15, 0.2) is 28.8 Å². The summed E-state index contributed by atoms with van der Waals surface area (Å²) in [5, 5.41) is 13.5. The van der Waals surface area contributed by atoms with Crippen molar-refractivity contribution in [3.8, 4) is 17.1 Å². The SMILES string of the molecule is Oc1cccc(-c2noc(CC3C[C@H]4CC[C@@H]3C4)n2)c1. The van der Waals surface area contributed by atoms with E-state index in [-0.39, 0.29) is 5.75 Å². The molecule has 1 N–H and O–H groups in total. The average Bonchev–Trinajstić information content (AvgIpc) is 3.14. The van der Waals surface area contributed by atoms with E-state index in [1.54, 1.807) is 18.2 Å². The van der Waals surface area contributed by atoms with Crippen molar-refractivity contribution in [1.82, 2.24) is 10.1 Å². The van der Waals surface area contributed by atoms with Crippen molar-refractivity contribution in [3.63, 3.8) is 0 Å². The topological polar surface area (TPSA) is 59.2 Å². The standard InChI is InChI=1S/C16H18N2O2/c19-14-3-1-2-12(8-14)16-17-15(20-18-16)9-13-7-10-4-5-11(13)6-10/h1-3,8,10-11,13,19H,4-7,9H2/t10-,11+,13?/m0/s1. The summed E-state index contributed by atoms with van der Waals surface area (Å²) in [7, 11) is 0. The third-order valence-corrected chi connectivity index (χ3v) is 4.89. The molecule has 2 aliphatic rings. The Hall–Kier alpha value is -1.84. The van der Waals surface area contributed by atoms with Crippen LogP contribution in [0.5, 0.6) is 5.75 Å². The van der Waals surface area contributed by atoms with Crippen LogP contribution in [-0.2, 0) is 6.42 Å². The van der Waals surface area contributed by atoms with Crippen molar-refractivity contribution in [2.24, 2.45) is 17.8 Å². The maximum absolute atomic E-state index is 9.50. The summed E-state index contributed by atoms with van der Waals surface area (Å²) >= 11 is 0. The third kappa shape index (κ3) is 2.09. The number of rotatable bonds is 3. The Bertz CT molecular complexity index is 622. The fraction of sp³-hybridized carbons (Fsp3) is 0.500. The van der Waals surface area contributed by atoms with Crippen LogP contribution in [0.3, 0.4) is 0 Å². The molecule has 4 rings (SSSR count). The Labute approximate surface area is 117 Å². The van der Waals surface area contributed by atoms with Crippen molar-refractivity contribution in [3.05, 3.63) is 30.2 Å². The molecule has 104 valence electrons. The van der Waals surface area contributed by atoms with E-state index >= 15 is 0 Å². The van der Waals surface area contributed by atoms with Crippen LogP contribution in [0.25, 0.3) is 11.4 Å². The van der Waals surface area contributed by atoms with E-state index in [2.05, 4.69) is 10.1 Å². The highest BCUT2D eigenvalue weighted by Gasteiger charge is 2.40. The van der Waals surface area contributed by atoms with Gasteiger partial charge in [-0.15, -0.1) is 0 Å². The monoisotopic (exact) mass is 270 g/mol. The minimum atomic E-state index is 0.224. The molecule has 4 heteroatoms. The second-order valence-corrected chi connectivity index (χ2v) is 6.20. The van der Waals surface area contributed by atoms with Gasteiger partial charge in [-0.1, -0.05) is 23.7 Å². The van der Waals surface area contributed by atoms with Gasteiger partial charge >= 0.3 is 0 Å². The smallest absolute Gasteiger partial charge is 0.227 e. The van der Waals surface area contributed by atoms with E-state index in [0.717, 1.165) is 35.6 Å². The first-order valence-corrected chi connectivity index (χ1v) is 7.40. The second kappa shape index (κ2) is 4.62. The molecule has 0 saturated heterocycles. The molecule has 4 nitrogen and oxygen atoms in total. The van der Waals surface area contributed by atoms with Gasteiger partial charge in [-0.25, -0.2) is 0 Å². The van der Waals surface area contributed by atoms with Crippen LogP contribution < -0.4 is 0 Å². The Morgan fingerprint density at radius 1 is 1.25 bits per heavy atom. The molecular formula is C16H18N2O2. The normalized spacial score (nSPS) is 28.1. The van der Waals surface area contributed by atoms with Gasteiger partial charge in [0.05, 0.1) is 0 Å². The molecule has 3 atom stereocenters. The van der Waals surface area contributed by atoms with E-state index in [4.69, 9.17) is 4.52 Å². The van der Waals surface area contributed by atoms with E-state index in [1.807, 2.05) is 6.07 Å². The molecule has 1 aromatic carbocycles. The number of benzene rings is 1. The highest BCUT2D eigenvalue weighted by atomic mass is 16.5. The summed E-state index contributed by atoms with van der Waals surface area (Å²) in [6.07, 6.45) is 6.43. The molecule has 2 aliphatic carbocycles. The van der Waals surface area contributed by atoms with Crippen molar-refractivity contribution in [1.29, 1.82) is 0 Å². The largest absolute Gasteiger partial charge is 0.508 e. The maximum Gasteiger partial charge on any atom is 0.227 e. The van der Waals surface area contributed by atoms with Crippen molar-refractivity contribution in [2.75, 3.05) is 0 Å². The first-order chi connectivity index (χ1) is 9.78. The molecule has 1 unspecified atom stereocenters. The number of nitrogens with zero attached hydrogens (tertiary/aromatic N) is 2. The zero-order valence-electron chi connectivity index (χ0n) is 11.3. The van der Waals surface area contributed by atoms with Crippen molar-refractivity contribution >= 4 is 0 Å². The van der Waals surface area contributed by atoms with E-state index in [0.29, 0.717) is 5.82 Å². The average molecular weight is 270 g/mol. The fourth-order valence-electron chi connectivity index (χ4n) is 3.95. The molecule has 0 radical (unpaired) electrons. The molecule has 2 bridgehead atoms. The first-order valence-electron chi connectivity index (χ1n) is 7.40. The predicted octanol–water partition coefficient (Wildman–Crippen LogP) is 3.42. The lowest BCUT2D eigenvalue weighted by Gasteiger charge is -2.19. The van der Waals surface area contributed by atoms with Crippen molar-refractivity contribution in [2.45, 2.75) is 32.1 Å². The lowest BCUT2D eigenvalue weighted by atomic mass is 9.86. The maximum atomic E-state index is 9.50. The summed E-state index contributed by atoms with van der Waals surface area (Å²) in [5.74, 6) is 4.07. The molecule has 2 saturated carbocycles. The second-order valence-electron chi connectivity index (χ2n) is 6.20. The third-order valence-electron chi connectivity index (χ3n) is 4.89. The van der Waals surface area contributed by atoms with Gasteiger partial charge in [-0.05, 0) is 49.1 Å². The molecule has 1 aromatic heterocycles. The lowest BCUT2D eigenvalue weighted by Crippen LogP contribution is -2.13. The number of aromatic hydroxyl groups is 1. The van der Waals surface area contributed by atoms with Crippen LogP contribution in [-0.4, -0.2) is 15.2 Å². The van der Waals surface area contributed by atoms with E-state index in [1.165, 1.54) is 25.7 Å². The van der Waals surface area contributed by atoms with Gasteiger partial charge in [0, 0.05) is 12.0 Å². The minimum absolute atomic E-state index is 0.224. The summed E-state index contributed by atoms with van der Waals surface area (Å²) in [4.78, 5) is 4.48. The van der Waals surface area contributed by atoms with Gasteiger partial charge < -0.3 is 9.63 Å². The number of hydrogen-bond donors (Lipinski definition) is 1. The van der Waals surface area contributed by atoms with Crippen molar-refractivity contribution < 1.29 is 9.63 Å². The summed E-state index contributed by atoms with van der Waals surface area (Å²) < 4.78 is 5.39. The lowest BCUT2D eigenvalue weighted by molar-refractivity contribution is 0.288. The van der Waals surface area contributed by atoms with E-state index in [9.17, 15) is 5.11 Å². The molecule has 0 spiro atoms. The summed E-state index contributed by atoms with van der Waals surface area (Å²) in [5.41, 5.74) is 0.799. The number of phenolic OH excluding ortho intramolecular Hbond substituents is 1. The molecule has 1 heterocycles. The first kappa shape index (κ1) is 11.9. The Morgan fingerprint density at radius 3 is 2.95 bits per heavy atom. The summed E-state index contributed by atoms with van der Waals surface area (Å²) in [6, 6.07) is 6.97. The Kier molecular flexibility index (Phi) is 2.76. The van der Waals surface area contributed by atoms with Gasteiger partial charge in [0.25, 0.3) is 0 Å². The molecule has 2 fully saturated rings.